The molecule has 0 amide bonds. The summed E-state index contributed by atoms with van der Waals surface area (Å²) in [5.74, 6) is 2.84. The summed E-state index contributed by atoms with van der Waals surface area (Å²) >= 11 is 15.9. The lowest BCUT2D eigenvalue weighted by atomic mass is 10.1. The Morgan fingerprint density at radius 1 is 1.00 bits per heavy atom. The van der Waals surface area contributed by atoms with Gasteiger partial charge in [-0.15, -0.1) is 0 Å². The van der Waals surface area contributed by atoms with Crippen LogP contribution in [0.15, 0.2) is 53.0 Å². The van der Waals surface area contributed by atoms with Crippen molar-refractivity contribution in [2.24, 2.45) is 0 Å². The third kappa shape index (κ3) is 5.21. The highest BCUT2D eigenvalue weighted by Crippen LogP contribution is 2.37. The molecule has 3 aromatic rings. The lowest BCUT2D eigenvalue weighted by Crippen LogP contribution is -2.14. The monoisotopic (exact) mass is 523 g/mol. The molecule has 0 atom stereocenters. The van der Waals surface area contributed by atoms with Crippen molar-refractivity contribution in [2.45, 2.75) is 19.7 Å². The Morgan fingerprint density at radius 3 is 2.65 bits per heavy atom. The summed E-state index contributed by atoms with van der Waals surface area (Å²) in [4.78, 5) is 0. The number of hydrogen-bond donors (Lipinski definition) is 1. The molecule has 0 spiro atoms. The Hall–Kier alpha value is -2.12. The van der Waals surface area contributed by atoms with Crippen LogP contribution < -0.4 is 24.3 Å². The zero-order chi connectivity index (χ0) is 21.8. The van der Waals surface area contributed by atoms with Gasteiger partial charge in [0.15, 0.2) is 23.0 Å². The van der Waals surface area contributed by atoms with Crippen LogP contribution in [0.2, 0.25) is 10.0 Å². The Kier molecular flexibility index (Phi) is 7.13. The van der Waals surface area contributed by atoms with Gasteiger partial charge in [-0.05, 0) is 42.0 Å². The topological polar surface area (TPSA) is 49.0 Å². The van der Waals surface area contributed by atoms with Gasteiger partial charge < -0.3 is 24.3 Å². The first-order valence-electron chi connectivity index (χ1n) is 9.56. The molecule has 0 fully saturated rings. The van der Waals surface area contributed by atoms with E-state index in [1.165, 1.54) is 0 Å². The van der Waals surface area contributed by atoms with Crippen LogP contribution in [0.25, 0.3) is 0 Å². The minimum absolute atomic E-state index is 0.265. The van der Waals surface area contributed by atoms with Gasteiger partial charge in [-0.25, -0.2) is 0 Å². The van der Waals surface area contributed by atoms with Crippen molar-refractivity contribution >= 4 is 39.1 Å². The van der Waals surface area contributed by atoms with E-state index < -0.39 is 0 Å². The summed E-state index contributed by atoms with van der Waals surface area (Å²) in [7, 11) is 1.62. The standard InChI is InChI=1S/C23H20BrCl2NO4/c1-28-21-7-5-18(24)17(23(21)29-12-15-3-4-16(25)9-19(15)26)11-27-10-14-2-6-20-22(8-14)31-13-30-20/h2-9,27H,10-13H2,1H3. The SMILES string of the molecule is COc1ccc(Br)c(CNCc2ccc3c(c2)OCO3)c1OCc1ccc(Cl)cc1Cl. The highest BCUT2D eigenvalue weighted by Gasteiger charge is 2.16. The van der Waals surface area contributed by atoms with Gasteiger partial charge in [0.25, 0.3) is 0 Å². The van der Waals surface area contributed by atoms with Gasteiger partial charge in [0.1, 0.15) is 6.61 Å². The van der Waals surface area contributed by atoms with Crippen LogP contribution in [0.1, 0.15) is 16.7 Å². The minimum Gasteiger partial charge on any atom is -0.493 e. The van der Waals surface area contributed by atoms with Gasteiger partial charge in [-0.2, -0.15) is 0 Å². The quantitative estimate of drug-likeness (QED) is 0.371. The molecule has 0 saturated carbocycles. The molecule has 0 radical (unpaired) electrons. The molecule has 162 valence electrons. The zero-order valence-corrected chi connectivity index (χ0v) is 19.8. The van der Waals surface area contributed by atoms with Gasteiger partial charge in [0.2, 0.25) is 6.79 Å². The molecule has 1 aliphatic rings. The zero-order valence-electron chi connectivity index (χ0n) is 16.7. The first kappa shape index (κ1) is 22.1. The Bertz CT molecular complexity index is 1090. The number of ether oxygens (including phenoxy) is 4. The molecule has 3 aromatic carbocycles. The molecule has 0 saturated heterocycles. The predicted octanol–water partition coefficient (Wildman–Crippen LogP) is 6.36. The maximum absolute atomic E-state index is 6.30. The average Bonchev–Trinajstić information content (AvgIpc) is 3.22. The van der Waals surface area contributed by atoms with E-state index in [9.17, 15) is 0 Å². The molecule has 31 heavy (non-hydrogen) atoms. The number of hydrogen-bond acceptors (Lipinski definition) is 5. The minimum atomic E-state index is 0.265. The fraction of sp³-hybridized carbons (Fsp3) is 0.217. The summed E-state index contributed by atoms with van der Waals surface area (Å²) < 4.78 is 23.4. The van der Waals surface area contributed by atoms with Crippen LogP contribution in [-0.2, 0) is 19.7 Å². The maximum atomic E-state index is 6.30. The van der Waals surface area contributed by atoms with Crippen LogP contribution in [0.3, 0.4) is 0 Å². The predicted molar refractivity (Wildman–Crippen MR) is 125 cm³/mol. The van der Waals surface area contributed by atoms with E-state index in [1.807, 2.05) is 36.4 Å². The van der Waals surface area contributed by atoms with Crippen molar-refractivity contribution in [1.29, 1.82) is 0 Å². The van der Waals surface area contributed by atoms with Crippen molar-refractivity contribution in [3.8, 4) is 23.0 Å². The van der Waals surface area contributed by atoms with Crippen LogP contribution in [0, 0.1) is 0 Å². The smallest absolute Gasteiger partial charge is 0.231 e. The van der Waals surface area contributed by atoms with Crippen LogP contribution in [-0.4, -0.2) is 13.9 Å². The molecule has 0 bridgehead atoms. The molecule has 5 nitrogen and oxygen atoms in total. The van der Waals surface area contributed by atoms with Gasteiger partial charge >= 0.3 is 0 Å². The fourth-order valence-corrected chi connectivity index (χ4v) is 4.15. The largest absolute Gasteiger partial charge is 0.493 e. The molecule has 4 rings (SSSR count). The van der Waals surface area contributed by atoms with Gasteiger partial charge in [-0.3, -0.25) is 0 Å². The van der Waals surface area contributed by atoms with E-state index in [0.717, 1.165) is 32.7 Å². The third-order valence-corrected chi connectivity index (χ3v) is 6.17. The van der Waals surface area contributed by atoms with Gasteiger partial charge in [0, 0.05) is 38.7 Å². The number of fused-ring (bicyclic) bond motifs is 1. The Morgan fingerprint density at radius 2 is 1.84 bits per heavy atom. The third-order valence-electron chi connectivity index (χ3n) is 4.84. The molecule has 0 aliphatic carbocycles. The number of methoxy groups -OCH3 is 1. The van der Waals surface area contributed by atoms with E-state index in [0.29, 0.717) is 34.6 Å². The van der Waals surface area contributed by atoms with E-state index in [1.54, 1.807) is 19.2 Å². The molecule has 8 heteroatoms. The molecule has 1 heterocycles. The van der Waals surface area contributed by atoms with E-state index in [2.05, 4.69) is 21.2 Å². The second kappa shape index (κ2) is 10.0. The molecular weight excluding hydrogens is 505 g/mol. The van der Waals surface area contributed by atoms with E-state index in [4.69, 9.17) is 42.1 Å². The van der Waals surface area contributed by atoms with Gasteiger partial charge in [-0.1, -0.05) is 51.3 Å². The van der Waals surface area contributed by atoms with Crippen molar-refractivity contribution in [3.05, 3.63) is 79.7 Å². The molecule has 0 unspecified atom stereocenters. The van der Waals surface area contributed by atoms with Crippen molar-refractivity contribution in [1.82, 2.24) is 5.32 Å². The van der Waals surface area contributed by atoms with Crippen molar-refractivity contribution < 1.29 is 18.9 Å². The second-order valence-electron chi connectivity index (χ2n) is 6.87. The van der Waals surface area contributed by atoms with Crippen LogP contribution in [0.5, 0.6) is 23.0 Å². The first-order valence-corrected chi connectivity index (χ1v) is 11.1. The first-order chi connectivity index (χ1) is 15.0. The second-order valence-corrected chi connectivity index (χ2v) is 8.57. The number of halogens is 3. The summed E-state index contributed by atoms with van der Waals surface area (Å²) in [6, 6.07) is 15.1. The molecule has 1 aliphatic heterocycles. The highest BCUT2D eigenvalue weighted by atomic mass is 79.9. The summed E-state index contributed by atoms with van der Waals surface area (Å²) in [5.41, 5.74) is 2.89. The molecular formula is C23H20BrCl2NO4. The van der Waals surface area contributed by atoms with Gasteiger partial charge in [0.05, 0.1) is 7.11 Å². The highest BCUT2D eigenvalue weighted by molar-refractivity contribution is 9.10. The average molecular weight is 525 g/mol. The van der Waals surface area contributed by atoms with Crippen LogP contribution in [0.4, 0.5) is 0 Å². The molecule has 1 N–H and O–H groups in total. The van der Waals surface area contributed by atoms with E-state index >= 15 is 0 Å². The number of benzene rings is 3. The Labute approximate surface area is 199 Å². The fourth-order valence-electron chi connectivity index (χ4n) is 3.24. The summed E-state index contributed by atoms with van der Waals surface area (Å²) in [6.45, 7) is 1.78. The summed E-state index contributed by atoms with van der Waals surface area (Å²) in [5, 5.41) is 4.60. The lowest BCUT2D eigenvalue weighted by Gasteiger charge is -2.18. The number of nitrogens with one attached hydrogen (secondary N) is 1. The lowest BCUT2D eigenvalue weighted by molar-refractivity contribution is 0.174. The van der Waals surface area contributed by atoms with Crippen molar-refractivity contribution in [3.63, 3.8) is 0 Å². The maximum Gasteiger partial charge on any atom is 0.231 e. The van der Waals surface area contributed by atoms with Crippen LogP contribution >= 0.6 is 39.1 Å². The molecule has 0 aromatic heterocycles. The normalized spacial score (nSPS) is 12.1. The number of rotatable bonds is 8. The van der Waals surface area contributed by atoms with Crippen molar-refractivity contribution in [2.75, 3.05) is 13.9 Å². The Balaban J connectivity index is 1.48. The summed E-state index contributed by atoms with van der Waals surface area (Å²) in [6.07, 6.45) is 0. The van der Waals surface area contributed by atoms with E-state index in [-0.39, 0.29) is 13.4 Å².